The van der Waals surface area contributed by atoms with Crippen molar-refractivity contribution in [2.45, 2.75) is 42.0 Å². The Kier molecular flexibility index (Phi) is 4.20. The topological polar surface area (TPSA) is 56.1 Å². The molecule has 0 amide bonds. The molecule has 1 N–H and O–H groups in total. The number of ether oxygens (including phenoxy) is 1. The predicted molar refractivity (Wildman–Crippen MR) is 75.2 cm³/mol. The minimum atomic E-state index is -0.514. The van der Waals surface area contributed by atoms with Gasteiger partial charge in [0.1, 0.15) is 5.54 Å². The van der Waals surface area contributed by atoms with Crippen LogP contribution >= 0.6 is 11.8 Å². The van der Waals surface area contributed by atoms with Crippen LogP contribution in [0.25, 0.3) is 0 Å². The van der Waals surface area contributed by atoms with E-state index in [1.165, 1.54) is 7.11 Å². The summed E-state index contributed by atoms with van der Waals surface area (Å²) in [6, 6.07) is 2.09. The smallest absolute Gasteiger partial charge is 0.326 e. The van der Waals surface area contributed by atoms with Gasteiger partial charge in [0.05, 0.1) is 17.8 Å². The third kappa shape index (κ3) is 2.79. The molecule has 0 bridgehead atoms. The maximum absolute atomic E-state index is 11.9. The maximum Gasteiger partial charge on any atom is 0.326 e. The van der Waals surface area contributed by atoms with Gasteiger partial charge in [-0.1, -0.05) is 0 Å². The van der Waals surface area contributed by atoms with Gasteiger partial charge in [-0.25, -0.2) is 0 Å². The first kappa shape index (κ1) is 14.4. The molecular weight excluding hydrogens is 262 g/mol. The highest BCUT2D eigenvalue weighted by Crippen LogP contribution is 2.40. The number of aryl methyl sites for hydroxylation is 2. The van der Waals surface area contributed by atoms with E-state index in [4.69, 9.17) is 4.74 Å². The predicted octanol–water partition coefficient (Wildman–Crippen LogP) is 1.50. The van der Waals surface area contributed by atoms with Gasteiger partial charge in [-0.3, -0.25) is 9.48 Å². The van der Waals surface area contributed by atoms with E-state index in [1.807, 2.05) is 25.7 Å². The molecule has 2 unspecified atom stereocenters. The summed E-state index contributed by atoms with van der Waals surface area (Å²) in [6.45, 7) is 1.99. The molecule has 106 valence electrons. The molecule has 1 heterocycles. The van der Waals surface area contributed by atoms with E-state index in [0.717, 1.165) is 30.0 Å². The molecule has 1 aliphatic rings. The van der Waals surface area contributed by atoms with Gasteiger partial charge in [0, 0.05) is 12.3 Å². The van der Waals surface area contributed by atoms with E-state index in [-0.39, 0.29) is 5.97 Å². The van der Waals surface area contributed by atoms with Crippen molar-refractivity contribution >= 4 is 17.7 Å². The van der Waals surface area contributed by atoms with E-state index in [2.05, 4.69) is 16.5 Å². The van der Waals surface area contributed by atoms with Gasteiger partial charge in [-0.15, -0.1) is 11.8 Å². The molecule has 0 aromatic carbocycles. The van der Waals surface area contributed by atoms with Crippen LogP contribution in [0.15, 0.2) is 11.1 Å². The molecule has 0 aliphatic heterocycles. The summed E-state index contributed by atoms with van der Waals surface area (Å²) in [7, 11) is 5.24. The maximum atomic E-state index is 11.9. The third-order valence-corrected chi connectivity index (χ3v) is 5.13. The van der Waals surface area contributed by atoms with Crippen LogP contribution in [0.1, 0.15) is 25.0 Å². The van der Waals surface area contributed by atoms with Gasteiger partial charge >= 0.3 is 5.97 Å². The third-order valence-electron chi connectivity index (χ3n) is 3.77. The van der Waals surface area contributed by atoms with E-state index in [0.29, 0.717) is 5.25 Å². The average molecular weight is 283 g/mol. The molecule has 1 aliphatic carbocycles. The highest BCUT2D eigenvalue weighted by Gasteiger charge is 2.45. The van der Waals surface area contributed by atoms with Gasteiger partial charge in [-0.2, -0.15) is 5.10 Å². The molecule has 0 spiro atoms. The number of carbonyl (C=O) groups is 1. The van der Waals surface area contributed by atoms with Crippen LogP contribution in [0.5, 0.6) is 0 Å². The Labute approximate surface area is 118 Å². The number of thioether (sulfide) groups is 1. The number of methoxy groups -OCH3 is 1. The first-order valence-corrected chi connectivity index (χ1v) is 7.33. The molecule has 0 radical (unpaired) electrons. The molecule has 5 nitrogen and oxygen atoms in total. The highest BCUT2D eigenvalue weighted by molar-refractivity contribution is 7.99. The Morgan fingerprint density at radius 3 is 2.95 bits per heavy atom. The number of hydrogen-bond donors (Lipinski definition) is 1. The average Bonchev–Trinajstić information content (AvgIpc) is 2.94. The Hall–Kier alpha value is -1.01. The summed E-state index contributed by atoms with van der Waals surface area (Å²) in [4.78, 5) is 11.9. The van der Waals surface area contributed by atoms with Crippen molar-refractivity contribution in [2.24, 2.45) is 7.05 Å². The van der Waals surface area contributed by atoms with Crippen molar-refractivity contribution in [2.75, 3.05) is 14.2 Å². The fourth-order valence-electron chi connectivity index (χ4n) is 2.68. The van der Waals surface area contributed by atoms with Crippen LogP contribution in [-0.4, -0.2) is 40.7 Å². The summed E-state index contributed by atoms with van der Waals surface area (Å²) in [5.41, 5.74) is 0.510. The summed E-state index contributed by atoms with van der Waals surface area (Å²) in [5.74, 6) is -0.153. The molecule has 19 heavy (non-hydrogen) atoms. The summed E-state index contributed by atoms with van der Waals surface area (Å²) in [5, 5.41) is 9.07. The van der Waals surface area contributed by atoms with Crippen LogP contribution in [0.4, 0.5) is 0 Å². The van der Waals surface area contributed by atoms with Crippen LogP contribution in [-0.2, 0) is 16.6 Å². The van der Waals surface area contributed by atoms with Crippen molar-refractivity contribution < 1.29 is 9.53 Å². The van der Waals surface area contributed by atoms with Crippen molar-refractivity contribution in [3.8, 4) is 0 Å². The Morgan fingerprint density at radius 1 is 1.68 bits per heavy atom. The number of likely N-dealkylation sites (N-methyl/N-ethyl adjacent to an activating group) is 1. The SMILES string of the molecule is CNC1(C(=O)OC)CCC(Sc2cc(C)nn2C)C1. The van der Waals surface area contributed by atoms with Crippen LogP contribution < -0.4 is 5.32 Å². The monoisotopic (exact) mass is 283 g/mol. The molecular formula is C13H21N3O2S. The number of nitrogens with zero attached hydrogens (tertiary/aromatic N) is 2. The van der Waals surface area contributed by atoms with E-state index < -0.39 is 5.54 Å². The fraction of sp³-hybridized carbons (Fsp3) is 0.692. The largest absolute Gasteiger partial charge is 0.468 e. The number of hydrogen-bond acceptors (Lipinski definition) is 5. The first-order valence-electron chi connectivity index (χ1n) is 6.45. The van der Waals surface area contributed by atoms with Gasteiger partial charge in [0.25, 0.3) is 0 Å². The molecule has 1 aromatic heterocycles. The van der Waals surface area contributed by atoms with Crippen LogP contribution in [0.3, 0.4) is 0 Å². The van der Waals surface area contributed by atoms with Crippen molar-refractivity contribution in [3.05, 3.63) is 11.8 Å². The van der Waals surface area contributed by atoms with Crippen molar-refractivity contribution in [1.82, 2.24) is 15.1 Å². The Bertz CT molecular complexity index is 474. The lowest BCUT2D eigenvalue weighted by molar-refractivity contribution is -0.148. The van der Waals surface area contributed by atoms with Gasteiger partial charge in [-0.05, 0) is 39.3 Å². The number of esters is 1. The highest BCUT2D eigenvalue weighted by atomic mass is 32.2. The van der Waals surface area contributed by atoms with Gasteiger partial charge in [0.2, 0.25) is 0 Å². The second kappa shape index (κ2) is 5.54. The van der Waals surface area contributed by atoms with Crippen LogP contribution in [0.2, 0.25) is 0 Å². The molecule has 1 fully saturated rings. The second-order valence-corrected chi connectivity index (χ2v) is 6.37. The standard InChI is InChI=1S/C13H21N3O2S/c1-9-7-11(16(3)15-9)19-10-5-6-13(8-10,14-2)12(17)18-4/h7,10,14H,5-6,8H2,1-4H3. The zero-order chi connectivity index (χ0) is 14.0. The number of nitrogens with one attached hydrogen (secondary N) is 1. The fourth-order valence-corrected chi connectivity index (χ4v) is 4.06. The number of carbonyl (C=O) groups excluding carboxylic acids is 1. The summed E-state index contributed by atoms with van der Waals surface area (Å²) < 4.78 is 6.83. The van der Waals surface area contributed by atoms with Crippen molar-refractivity contribution in [3.63, 3.8) is 0 Å². The normalized spacial score (nSPS) is 26.6. The lowest BCUT2D eigenvalue weighted by Crippen LogP contribution is -2.49. The number of aromatic nitrogens is 2. The Morgan fingerprint density at radius 2 is 2.42 bits per heavy atom. The van der Waals surface area contributed by atoms with Crippen molar-refractivity contribution in [1.29, 1.82) is 0 Å². The molecule has 1 aromatic rings. The van der Waals surface area contributed by atoms with E-state index in [1.54, 1.807) is 11.8 Å². The lowest BCUT2D eigenvalue weighted by atomic mass is 9.98. The summed E-state index contributed by atoms with van der Waals surface area (Å²) in [6.07, 6.45) is 2.63. The van der Waals surface area contributed by atoms with Gasteiger partial charge in [0.15, 0.2) is 0 Å². The molecule has 2 rings (SSSR count). The number of rotatable bonds is 4. The zero-order valence-electron chi connectivity index (χ0n) is 11.9. The second-order valence-electron chi connectivity index (χ2n) is 5.05. The van der Waals surface area contributed by atoms with Crippen LogP contribution in [0, 0.1) is 6.92 Å². The lowest BCUT2D eigenvalue weighted by Gasteiger charge is -2.25. The van der Waals surface area contributed by atoms with Gasteiger partial charge < -0.3 is 10.1 Å². The zero-order valence-corrected chi connectivity index (χ0v) is 12.7. The molecule has 2 atom stereocenters. The molecule has 6 heteroatoms. The quantitative estimate of drug-likeness (QED) is 0.849. The first-order chi connectivity index (χ1) is 9.00. The minimum Gasteiger partial charge on any atom is -0.468 e. The minimum absolute atomic E-state index is 0.153. The van der Waals surface area contributed by atoms with E-state index >= 15 is 0 Å². The molecule has 1 saturated carbocycles. The Balaban J connectivity index is 2.06. The summed E-state index contributed by atoms with van der Waals surface area (Å²) >= 11 is 1.80. The molecule has 0 saturated heterocycles. The van der Waals surface area contributed by atoms with E-state index in [9.17, 15) is 4.79 Å².